The van der Waals surface area contributed by atoms with Crippen molar-refractivity contribution in [2.45, 2.75) is 32.4 Å². The number of nitrogens with zero attached hydrogens (tertiary/aromatic N) is 1. The summed E-state index contributed by atoms with van der Waals surface area (Å²) in [6, 6.07) is 6.30. The lowest BCUT2D eigenvalue weighted by molar-refractivity contribution is -0.131. The molecule has 0 heterocycles. The summed E-state index contributed by atoms with van der Waals surface area (Å²) in [6.45, 7) is -0.523. The average Bonchev–Trinajstić information content (AvgIpc) is 2.44. The fourth-order valence-corrected chi connectivity index (χ4v) is 1.67. The van der Waals surface area contributed by atoms with Gasteiger partial charge in [-0.15, -0.1) is 0 Å². The first-order valence-corrected chi connectivity index (χ1v) is 6.43. The number of ether oxygens (including phenoxy) is 1. The predicted molar refractivity (Wildman–Crippen MR) is 72.7 cm³/mol. The zero-order valence-corrected chi connectivity index (χ0v) is 11.7. The lowest BCUT2D eigenvalue weighted by atomic mass is 10.1. The minimum Gasteiger partial charge on any atom is -0.435 e. The molecular weight excluding hydrogens is 266 g/mol. The molecule has 0 aliphatic rings. The van der Waals surface area contributed by atoms with Gasteiger partial charge < -0.3 is 15.4 Å². The molecule has 0 spiro atoms. The predicted octanol–water partition coefficient (Wildman–Crippen LogP) is 2.03. The minimum absolute atomic E-state index is 0.00400. The third-order valence-electron chi connectivity index (χ3n) is 3.17. The zero-order valence-electron chi connectivity index (χ0n) is 11.7. The van der Waals surface area contributed by atoms with Crippen LogP contribution in [0, 0.1) is 0 Å². The fraction of sp³-hybridized carbons (Fsp3) is 0.500. The van der Waals surface area contributed by atoms with Crippen molar-refractivity contribution >= 4 is 5.91 Å². The van der Waals surface area contributed by atoms with Gasteiger partial charge in [0.25, 0.3) is 0 Å². The van der Waals surface area contributed by atoms with Crippen molar-refractivity contribution in [1.82, 2.24) is 4.90 Å². The molecule has 0 aliphatic heterocycles. The molecule has 0 fully saturated rings. The maximum absolute atomic E-state index is 12.0. The van der Waals surface area contributed by atoms with Crippen molar-refractivity contribution in [2.24, 2.45) is 5.73 Å². The van der Waals surface area contributed by atoms with Crippen molar-refractivity contribution in [2.75, 3.05) is 13.6 Å². The largest absolute Gasteiger partial charge is 0.435 e. The number of likely N-dealkylation sites (N-methyl/N-ethyl adjacent to an activating group) is 1. The van der Waals surface area contributed by atoms with Gasteiger partial charge in [0.05, 0.1) is 0 Å². The normalized spacial score (nSPS) is 12.3. The van der Waals surface area contributed by atoms with Crippen molar-refractivity contribution < 1.29 is 18.3 Å². The lowest BCUT2D eigenvalue weighted by Crippen LogP contribution is -2.39. The van der Waals surface area contributed by atoms with Crippen molar-refractivity contribution in [3.05, 3.63) is 29.8 Å². The van der Waals surface area contributed by atoms with E-state index in [0.29, 0.717) is 19.4 Å². The highest BCUT2D eigenvalue weighted by molar-refractivity contribution is 5.76. The van der Waals surface area contributed by atoms with Gasteiger partial charge in [0.2, 0.25) is 5.91 Å². The Morgan fingerprint density at radius 3 is 2.45 bits per heavy atom. The third-order valence-corrected chi connectivity index (χ3v) is 3.17. The van der Waals surface area contributed by atoms with Gasteiger partial charge in [-0.25, -0.2) is 0 Å². The van der Waals surface area contributed by atoms with E-state index in [1.165, 1.54) is 12.1 Å². The highest BCUT2D eigenvalue weighted by Crippen LogP contribution is 2.16. The van der Waals surface area contributed by atoms with Gasteiger partial charge in [0.15, 0.2) is 0 Å². The summed E-state index contributed by atoms with van der Waals surface area (Å²) in [5.41, 5.74) is 6.40. The minimum atomic E-state index is -2.83. The number of hydrogen-bond acceptors (Lipinski definition) is 3. The summed E-state index contributed by atoms with van der Waals surface area (Å²) in [7, 11) is 1.72. The Bertz CT molecular complexity index is 424. The topological polar surface area (TPSA) is 55.6 Å². The molecule has 1 rings (SSSR count). The summed E-state index contributed by atoms with van der Waals surface area (Å²) >= 11 is 0. The number of rotatable bonds is 7. The van der Waals surface area contributed by atoms with Gasteiger partial charge in [0, 0.05) is 26.1 Å². The van der Waals surface area contributed by atoms with Crippen LogP contribution in [0.5, 0.6) is 5.75 Å². The molecule has 0 bridgehead atoms. The molecule has 2 N–H and O–H groups in total. The number of nitrogens with two attached hydrogens (primary N) is 1. The quantitative estimate of drug-likeness (QED) is 0.834. The molecule has 0 saturated carbocycles. The second kappa shape index (κ2) is 7.79. The lowest BCUT2D eigenvalue weighted by Gasteiger charge is -2.23. The first-order valence-electron chi connectivity index (χ1n) is 6.43. The number of aryl methyl sites for hydroxylation is 1. The first kappa shape index (κ1) is 16.4. The second-order valence-electron chi connectivity index (χ2n) is 4.61. The van der Waals surface area contributed by atoms with Gasteiger partial charge in [0.1, 0.15) is 5.75 Å². The van der Waals surface area contributed by atoms with E-state index in [4.69, 9.17) is 5.73 Å². The highest BCUT2D eigenvalue weighted by Gasteiger charge is 2.14. The van der Waals surface area contributed by atoms with Crippen molar-refractivity contribution in [1.29, 1.82) is 0 Å². The first-order chi connectivity index (χ1) is 9.43. The van der Waals surface area contributed by atoms with E-state index in [1.54, 1.807) is 24.1 Å². The molecule has 0 radical (unpaired) electrons. The van der Waals surface area contributed by atoms with E-state index >= 15 is 0 Å². The molecule has 20 heavy (non-hydrogen) atoms. The van der Waals surface area contributed by atoms with E-state index in [-0.39, 0.29) is 17.7 Å². The van der Waals surface area contributed by atoms with Crippen molar-refractivity contribution in [3.63, 3.8) is 0 Å². The molecule has 0 saturated heterocycles. The Hall–Kier alpha value is -1.69. The van der Waals surface area contributed by atoms with Gasteiger partial charge in [-0.1, -0.05) is 12.1 Å². The Labute approximate surface area is 117 Å². The summed E-state index contributed by atoms with van der Waals surface area (Å²) in [4.78, 5) is 13.5. The van der Waals surface area contributed by atoms with Crippen molar-refractivity contribution in [3.8, 4) is 5.75 Å². The zero-order chi connectivity index (χ0) is 15.1. The number of carbonyl (C=O) groups excluding carboxylic acids is 1. The van der Waals surface area contributed by atoms with E-state index in [1.807, 2.05) is 6.92 Å². The monoisotopic (exact) mass is 286 g/mol. The van der Waals surface area contributed by atoms with Crippen LogP contribution in [0.4, 0.5) is 8.78 Å². The summed E-state index contributed by atoms with van der Waals surface area (Å²) in [5, 5.41) is 0. The molecule has 4 nitrogen and oxygen atoms in total. The highest BCUT2D eigenvalue weighted by atomic mass is 19.3. The summed E-state index contributed by atoms with van der Waals surface area (Å²) < 4.78 is 28.2. The van der Waals surface area contributed by atoms with Gasteiger partial charge >= 0.3 is 6.61 Å². The molecular formula is C14H20F2N2O2. The van der Waals surface area contributed by atoms with E-state index in [9.17, 15) is 13.6 Å². The molecule has 0 aromatic heterocycles. The Kier molecular flexibility index (Phi) is 6.38. The van der Waals surface area contributed by atoms with E-state index < -0.39 is 6.61 Å². The van der Waals surface area contributed by atoms with E-state index in [2.05, 4.69) is 4.74 Å². The molecule has 1 amide bonds. The van der Waals surface area contributed by atoms with Crippen LogP contribution >= 0.6 is 0 Å². The second-order valence-corrected chi connectivity index (χ2v) is 4.61. The van der Waals surface area contributed by atoms with Gasteiger partial charge in [-0.05, 0) is 31.0 Å². The molecule has 1 unspecified atom stereocenters. The van der Waals surface area contributed by atoms with Gasteiger partial charge in [-0.3, -0.25) is 4.79 Å². The number of amides is 1. The van der Waals surface area contributed by atoms with Crippen LogP contribution in [0.15, 0.2) is 24.3 Å². The van der Waals surface area contributed by atoms with Crippen LogP contribution in [0.3, 0.4) is 0 Å². The number of hydrogen-bond donors (Lipinski definition) is 1. The Morgan fingerprint density at radius 1 is 1.35 bits per heavy atom. The SMILES string of the molecule is CC(CN)N(C)C(=O)CCc1ccc(OC(F)F)cc1. The third kappa shape index (κ3) is 5.13. The van der Waals surface area contributed by atoms with Crippen LogP contribution in [-0.2, 0) is 11.2 Å². The fourth-order valence-electron chi connectivity index (χ4n) is 1.67. The summed E-state index contributed by atoms with van der Waals surface area (Å²) in [5.74, 6) is 0.125. The molecule has 1 atom stereocenters. The molecule has 1 aromatic carbocycles. The van der Waals surface area contributed by atoms with Crippen LogP contribution in [0.2, 0.25) is 0 Å². The van der Waals surface area contributed by atoms with Crippen LogP contribution in [0.1, 0.15) is 18.9 Å². The molecule has 0 aliphatic carbocycles. The van der Waals surface area contributed by atoms with E-state index in [0.717, 1.165) is 5.56 Å². The standard InChI is InChI=1S/C14H20F2N2O2/c1-10(9-17)18(2)13(19)8-5-11-3-6-12(7-4-11)20-14(15)16/h3-4,6-7,10,14H,5,8-9,17H2,1-2H3. The molecule has 6 heteroatoms. The summed E-state index contributed by atoms with van der Waals surface area (Å²) in [6.07, 6.45) is 0.908. The van der Waals surface area contributed by atoms with Crippen LogP contribution in [-0.4, -0.2) is 37.1 Å². The molecule has 112 valence electrons. The number of carbonyl (C=O) groups is 1. The maximum atomic E-state index is 12.0. The van der Waals surface area contributed by atoms with Crippen LogP contribution in [0.25, 0.3) is 0 Å². The number of halogens is 2. The Morgan fingerprint density at radius 2 is 1.95 bits per heavy atom. The Balaban J connectivity index is 2.47. The molecule has 1 aromatic rings. The number of alkyl halides is 2. The van der Waals surface area contributed by atoms with Gasteiger partial charge in [-0.2, -0.15) is 8.78 Å². The average molecular weight is 286 g/mol. The maximum Gasteiger partial charge on any atom is 0.387 e. The number of benzene rings is 1. The smallest absolute Gasteiger partial charge is 0.387 e. The van der Waals surface area contributed by atoms with Crippen LogP contribution < -0.4 is 10.5 Å².